The first kappa shape index (κ1) is 11.4. The lowest BCUT2D eigenvalue weighted by Gasteiger charge is -2.17. The number of hydrogen-bond acceptors (Lipinski definition) is 2. The van der Waals surface area contributed by atoms with Gasteiger partial charge in [-0.25, -0.2) is 0 Å². The first-order valence-electron chi connectivity index (χ1n) is 4.14. The third-order valence-corrected chi connectivity index (χ3v) is 2.65. The van der Waals surface area contributed by atoms with E-state index in [9.17, 15) is 5.11 Å². The fourth-order valence-corrected chi connectivity index (χ4v) is 1.17. The molecule has 4 atom stereocenters. The van der Waals surface area contributed by atoms with Crippen LogP contribution in [-0.4, -0.2) is 28.6 Å². The van der Waals surface area contributed by atoms with E-state index < -0.39 is 0 Å². The van der Waals surface area contributed by atoms with Gasteiger partial charge in [-0.2, -0.15) is 0 Å². The third-order valence-electron chi connectivity index (χ3n) is 1.91. The van der Waals surface area contributed by atoms with Gasteiger partial charge in [-0.1, -0.05) is 6.92 Å². The molecule has 0 heterocycles. The Morgan fingerprint density at radius 1 is 1.18 bits per heavy atom. The van der Waals surface area contributed by atoms with Crippen molar-refractivity contribution in [1.29, 1.82) is 0 Å². The summed E-state index contributed by atoms with van der Waals surface area (Å²) in [6, 6.07) is 0. The Morgan fingerprint density at radius 3 is 2.09 bits per heavy atom. The Morgan fingerprint density at radius 2 is 1.73 bits per heavy atom. The predicted octanol–water partition coefficient (Wildman–Crippen LogP) is 1.02. The van der Waals surface area contributed by atoms with E-state index in [0.717, 1.165) is 6.16 Å². The van der Waals surface area contributed by atoms with E-state index in [1.807, 2.05) is 6.92 Å². The Hall–Kier alpha value is 0.350. The van der Waals surface area contributed by atoms with Crippen LogP contribution in [0.15, 0.2) is 0 Å². The van der Waals surface area contributed by atoms with Crippen LogP contribution in [0.4, 0.5) is 0 Å². The van der Waals surface area contributed by atoms with Crippen LogP contribution >= 0.6 is 9.24 Å². The van der Waals surface area contributed by atoms with Crippen LogP contribution < -0.4 is 0 Å². The van der Waals surface area contributed by atoms with Crippen LogP contribution in [0, 0.1) is 5.92 Å². The zero-order valence-corrected chi connectivity index (χ0v) is 8.48. The fraction of sp³-hybridized carbons (Fsp3) is 1.00. The van der Waals surface area contributed by atoms with E-state index in [2.05, 4.69) is 9.24 Å². The average Bonchev–Trinajstić information content (AvgIpc) is 1.98. The molecule has 0 aliphatic carbocycles. The van der Waals surface area contributed by atoms with Gasteiger partial charge >= 0.3 is 0 Å². The molecular formula is C8H19O2P. The molecule has 0 aromatic carbocycles. The summed E-state index contributed by atoms with van der Waals surface area (Å²) in [4.78, 5) is 0. The summed E-state index contributed by atoms with van der Waals surface area (Å²) >= 11 is 0. The predicted molar refractivity (Wildman–Crippen MR) is 50.7 cm³/mol. The normalized spacial score (nSPS) is 19.4. The molecule has 0 spiro atoms. The van der Waals surface area contributed by atoms with Crippen molar-refractivity contribution >= 4 is 9.24 Å². The average molecular weight is 178 g/mol. The van der Waals surface area contributed by atoms with Crippen molar-refractivity contribution in [3.8, 4) is 0 Å². The van der Waals surface area contributed by atoms with E-state index in [1.165, 1.54) is 0 Å². The van der Waals surface area contributed by atoms with Crippen LogP contribution in [0.2, 0.25) is 0 Å². The second-order valence-electron chi connectivity index (χ2n) is 3.21. The molecule has 0 radical (unpaired) electrons. The highest BCUT2D eigenvalue weighted by atomic mass is 31.0. The Bertz CT molecular complexity index is 96.1. The molecule has 0 bridgehead atoms. The summed E-state index contributed by atoms with van der Waals surface area (Å²) in [5, 5.41) is 18.4. The quantitative estimate of drug-likeness (QED) is 0.617. The molecule has 0 saturated carbocycles. The first-order chi connectivity index (χ1) is 5.07. The molecule has 2 N–H and O–H groups in total. The number of hydrogen-bond donors (Lipinski definition) is 2. The minimum Gasteiger partial charge on any atom is -0.393 e. The van der Waals surface area contributed by atoms with Gasteiger partial charge in [-0.15, -0.1) is 9.24 Å². The van der Waals surface area contributed by atoms with E-state index >= 15 is 0 Å². The highest BCUT2D eigenvalue weighted by Gasteiger charge is 2.12. The smallest absolute Gasteiger partial charge is 0.0569 e. The van der Waals surface area contributed by atoms with Gasteiger partial charge in [0.1, 0.15) is 0 Å². The minimum atomic E-state index is -0.290. The Balaban J connectivity index is 3.43. The van der Waals surface area contributed by atoms with Crippen molar-refractivity contribution in [3.05, 3.63) is 0 Å². The van der Waals surface area contributed by atoms with Crippen molar-refractivity contribution in [2.24, 2.45) is 5.92 Å². The van der Waals surface area contributed by atoms with Gasteiger partial charge in [0.25, 0.3) is 0 Å². The first-order valence-corrected chi connectivity index (χ1v) is 4.95. The lowest BCUT2D eigenvalue weighted by Crippen LogP contribution is -2.20. The highest BCUT2D eigenvalue weighted by molar-refractivity contribution is 7.16. The van der Waals surface area contributed by atoms with E-state index in [4.69, 9.17) is 5.11 Å². The van der Waals surface area contributed by atoms with Gasteiger partial charge in [0, 0.05) is 0 Å². The molecule has 2 nitrogen and oxygen atoms in total. The monoisotopic (exact) mass is 178 g/mol. The summed E-state index contributed by atoms with van der Waals surface area (Å²) < 4.78 is 0. The number of aliphatic hydroxyl groups excluding tert-OH is 2. The van der Waals surface area contributed by atoms with Crippen LogP contribution in [0.25, 0.3) is 0 Å². The molecule has 0 saturated heterocycles. The topological polar surface area (TPSA) is 40.5 Å². The molecule has 1 unspecified atom stereocenters. The maximum absolute atomic E-state index is 9.44. The van der Waals surface area contributed by atoms with Crippen molar-refractivity contribution in [2.75, 3.05) is 6.16 Å². The van der Waals surface area contributed by atoms with Crippen LogP contribution in [0.3, 0.4) is 0 Å². The van der Waals surface area contributed by atoms with Crippen LogP contribution in [0.5, 0.6) is 0 Å². The lowest BCUT2D eigenvalue weighted by molar-refractivity contribution is 0.0919. The molecule has 0 rings (SSSR count). The van der Waals surface area contributed by atoms with E-state index in [0.29, 0.717) is 18.8 Å². The molecule has 0 aromatic rings. The molecule has 0 fully saturated rings. The zero-order chi connectivity index (χ0) is 8.85. The fourth-order valence-electron chi connectivity index (χ4n) is 0.854. The molecule has 68 valence electrons. The SMILES string of the molecule is C[C@H](O)CC[C@H](O)[C@H](C)CP. The summed E-state index contributed by atoms with van der Waals surface area (Å²) in [5.41, 5.74) is 0. The van der Waals surface area contributed by atoms with Gasteiger partial charge in [0.05, 0.1) is 12.2 Å². The van der Waals surface area contributed by atoms with Crippen LogP contribution in [0.1, 0.15) is 26.7 Å². The third kappa shape index (κ3) is 5.60. The molecule has 0 aliphatic heterocycles. The molecule has 0 aromatic heterocycles. The van der Waals surface area contributed by atoms with Gasteiger partial charge in [0.2, 0.25) is 0 Å². The zero-order valence-electron chi connectivity index (χ0n) is 7.33. The van der Waals surface area contributed by atoms with Gasteiger partial charge in [-0.3, -0.25) is 0 Å². The van der Waals surface area contributed by atoms with Crippen molar-refractivity contribution in [3.63, 3.8) is 0 Å². The maximum Gasteiger partial charge on any atom is 0.0569 e. The molecule has 11 heavy (non-hydrogen) atoms. The van der Waals surface area contributed by atoms with Crippen molar-refractivity contribution < 1.29 is 10.2 Å². The molecule has 3 heteroatoms. The van der Waals surface area contributed by atoms with Gasteiger partial charge in [-0.05, 0) is 31.8 Å². The van der Waals surface area contributed by atoms with Crippen molar-refractivity contribution in [2.45, 2.75) is 38.9 Å². The largest absolute Gasteiger partial charge is 0.393 e. The van der Waals surface area contributed by atoms with E-state index in [-0.39, 0.29) is 12.2 Å². The molecular weight excluding hydrogens is 159 g/mol. The van der Waals surface area contributed by atoms with Crippen molar-refractivity contribution in [1.82, 2.24) is 0 Å². The summed E-state index contributed by atoms with van der Waals surface area (Å²) in [7, 11) is 2.61. The summed E-state index contributed by atoms with van der Waals surface area (Å²) in [6.45, 7) is 3.76. The highest BCUT2D eigenvalue weighted by Crippen LogP contribution is 2.12. The Kier molecular flexibility index (Phi) is 6.12. The Labute approximate surface area is 71.2 Å². The number of aliphatic hydroxyl groups is 2. The van der Waals surface area contributed by atoms with E-state index in [1.54, 1.807) is 6.92 Å². The molecule has 0 amide bonds. The minimum absolute atomic E-state index is 0.262. The van der Waals surface area contributed by atoms with Gasteiger partial charge < -0.3 is 10.2 Å². The lowest BCUT2D eigenvalue weighted by atomic mass is 10.0. The summed E-state index contributed by atoms with van der Waals surface area (Å²) in [6.07, 6.45) is 1.76. The van der Waals surface area contributed by atoms with Gasteiger partial charge in [0.15, 0.2) is 0 Å². The molecule has 0 aliphatic rings. The van der Waals surface area contributed by atoms with Crippen LogP contribution in [-0.2, 0) is 0 Å². The number of rotatable bonds is 5. The second-order valence-corrected chi connectivity index (χ2v) is 3.68. The standard InChI is InChI=1S/C8H19O2P/c1-6(5-11)8(10)4-3-7(2)9/h6-10H,3-5,11H2,1-2H3/t6-,7+,8+/m1/s1. The summed E-state index contributed by atoms with van der Waals surface area (Å²) in [5.74, 6) is 0.318. The second kappa shape index (κ2) is 5.93. The maximum atomic E-state index is 9.44.